The molecule has 0 unspecified atom stereocenters. The van der Waals surface area contributed by atoms with Crippen molar-refractivity contribution < 1.29 is 4.79 Å². The van der Waals surface area contributed by atoms with Crippen molar-refractivity contribution in [2.75, 3.05) is 23.3 Å². The Morgan fingerprint density at radius 1 is 1.35 bits per heavy atom. The Balaban J connectivity index is 1.79. The number of carbonyl (C=O) groups excluding carboxylic acids is 1. The molecule has 4 heterocycles. The number of thiophene rings is 1. The minimum Gasteiger partial charge on any atom is -0.342 e. The summed E-state index contributed by atoms with van der Waals surface area (Å²) in [5.41, 5.74) is 0.0787. The summed E-state index contributed by atoms with van der Waals surface area (Å²) < 4.78 is 0. The maximum Gasteiger partial charge on any atom is 0.258 e. The molecule has 2 aliphatic heterocycles. The van der Waals surface area contributed by atoms with E-state index in [0.717, 1.165) is 30.8 Å². The van der Waals surface area contributed by atoms with E-state index in [1.807, 2.05) is 28.5 Å². The molecular weight excluding hydrogens is 350 g/mol. The van der Waals surface area contributed by atoms with Crippen molar-refractivity contribution in [1.82, 2.24) is 9.97 Å². The molecule has 2 aromatic rings. The number of H-pyrrole nitrogens is 1. The van der Waals surface area contributed by atoms with Gasteiger partial charge in [0.15, 0.2) is 0 Å². The van der Waals surface area contributed by atoms with Crippen LogP contribution >= 0.6 is 11.3 Å². The van der Waals surface area contributed by atoms with Gasteiger partial charge in [-0.05, 0) is 30.2 Å². The zero-order valence-corrected chi connectivity index (χ0v) is 15.2. The molecule has 0 aliphatic carbocycles. The minimum absolute atomic E-state index is 0.275. The highest BCUT2D eigenvalue weighted by Gasteiger charge is 2.41. The fraction of sp³-hybridized carbons (Fsp3) is 0.444. The number of aromatic nitrogens is 2. The average molecular weight is 369 g/mol. The number of hydrogen-bond donors (Lipinski definition) is 2. The van der Waals surface area contributed by atoms with Gasteiger partial charge in [0, 0.05) is 18.0 Å². The molecule has 1 fully saturated rings. The number of amides is 1. The summed E-state index contributed by atoms with van der Waals surface area (Å²) in [5.74, 6) is -0.510. The number of aromatic amines is 1. The molecule has 1 saturated heterocycles. The number of nitrogens with zero attached hydrogens (tertiary/aromatic N) is 3. The molecule has 26 heavy (non-hydrogen) atoms. The zero-order valence-electron chi connectivity index (χ0n) is 14.4. The van der Waals surface area contributed by atoms with E-state index >= 15 is 0 Å². The van der Waals surface area contributed by atoms with Gasteiger partial charge in [0.05, 0.1) is 17.6 Å². The predicted octanol–water partition coefficient (Wildman–Crippen LogP) is 2.29. The number of piperidine rings is 1. The SMILES string of the molecule is CC1CCN(c2nc3c(c(=O)[nH]2)[C@H](c2cccs2)[C@@H](C#N)C(=O)N3)CC1. The standard InChI is InChI=1S/C18H19N5O2S/c1-10-4-6-23(7-5-10)18-21-15-14(17(25)22-18)13(12-3-2-8-26-12)11(9-19)16(24)20-15/h2-3,8,10-11,13H,4-7H2,1H3,(H2,20,21,22,24,25)/t11-,13+/m1/s1. The van der Waals surface area contributed by atoms with Gasteiger partial charge >= 0.3 is 0 Å². The largest absolute Gasteiger partial charge is 0.342 e. The van der Waals surface area contributed by atoms with Crippen molar-refractivity contribution in [3.8, 4) is 6.07 Å². The van der Waals surface area contributed by atoms with Crippen molar-refractivity contribution in [3.63, 3.8) is 0 Å². The van der Waals surface area contributed by atoms with Crippen LogP contribution in [0.2, 0.25) is 0 Å². The van der Waals surface area contributed by atoms with Crippen molar-refractivity contribution in [2.24, 2.45) is 11.8 Å². The molecule has 0 bridgehead atoms. The Morgan fingerprint density at radius 2 is 2.12 bits per heavy atom. The van der Waals surface area contributed by atoms with Crippen LogP contribution in [0.3, 0.4) is 0 Å². The number of nitriles is 1. The first kappa shape index (κ1) is 16.8. The molecule has 0 radical (unpaired) electrons. The van der Waals surface area contributed by atoms with Crippen LogP contribution in [0.4, 0.5) is 11.8 Å². The van der Waals surface area contributed by atoms with E-state index in [9.17, 15) is 14.9 Å². The lowest BCUT2D eigenvalue weighted by Gasteiger charge is -2.32. The minimum atomic E-state index is -0.939. The number of anilines is 2. The molecule has 4 rings (SSSR count). The van der Waals surface area contributed by atoms with Crippen LogP contribution in [0.25, 0.3) is 0 Å². The Hall–Kier alpha value is -2.66. The molecule has 0 aromatic carbocycles. The Bertz CT molecular complexity index is 922. The van der Waals surface area contributed by atoms with Gasteiger partial charge in [-0.2, -0.15) is 10.2 Å². The zero-order chi connectivity index (χ0) is 18.3. The van der Waals surface area contributed by atoms with Gasteiger partial charge in [0.2, 0.25) is 11.9 Å². The van der Waals surface area contributed by atoms with Gasteiger partial charge in [-0.25, -0.2) is 0 Å². The first-order valence-corrected chi connectivity index (χ1v) is 9.59. The summed E-state index contributed by atoms with van der Waals surface area (Å²) in [6, 6.07) is 5.75. The monoisotopic (exact) mass is 369 g/mol. The Kier molecular flexibility index (Phi) is 4.24. The normalized spacial score (nSPS) is 23.2. The third-order valence-electron chi connectivity index (χ3n) is 5.18. The van der Waals surface area contributed by atoms with Gasteiger partial charge in [-0.3, -0.25) is 14.6 Å². The highest BCUT2D eigenvalue weighted by atomic mass is 32.1. The first-order valence-electron chi connectivity index (χ1n) is 8.71. The second-order valence-corrected chi connectivity index (χ2v) is 7.89. The Labute approximate surface area is 154 Å². The van der Waals surface area contributed by atoms with E-state index in [-0.39, 0.29) is 11.4 Å². The van der Waals surface area contributed by atoms with Crippen molar-refractivity contribution in [1.29, 1.82) is 5.26 Å². The molecule has 2 atom stereocenters. The van der Waals surface area contributed by atoms with E-state index in [1.54, 1.807) is 0 Å². The van der Waals surface area contributed by atoms with Gasteiger partial charge in [0.1, 0.15) is 11.7 Å². The molecule has 134 valence electrons. The van der Waals surface area contributed by atoms with Gasteiger partial charge < -0.3 is 10.2 Å². The third-order valence-corrected chi connectivity index (χ3v) is 6.14. The maximum absolute atomic E-state index is 12.9. The molecular formula is C18H19N5O2S. The van der Waals surface area contributed by atoms with Crippen molar-refractivity contribution in [2.45, 2.75) is 25.7 Å². The van der Waals surface area contributed by atoms with Crippen LogP contribution < -0.4 is 15.8 Å². The van der Waals surface area contributed by atoms with Crippen LogP contribution in [0.15, 0.2) is 22.3 Å². The van der Waals surface area contributed by atoms with Crippen molar-refractivity contribution in [3.05, 3.63) is 38.3 Å². The number of fused-ring (bicyclic) bond motifs is 1. The van der Waals surface area contributed by atoms with Crippen LogP contribution in [0.1, 0.15) is 36.1 Å². The first-order chi connectivity index (χ1) is 12.6. The van der Waals surface area contributed by atoms with Gasteiger partial charge in [0.25, 0.3) is 5.56 Å². The van der Waals surface area contributed by atoms with Crippen molar-refractivity contribution >= 4 is 29.0 Å². The van der Waals surface area contributed by atoms with Crippen LogP contribution in [-0.2, 0) is 4.79 Å². The highest BCUT2D eigenvalue weighted by Crippen LogP contribution is 2.40. The smallest absolute Gasteiger partial charge is 0.258 e. The predicted molar refractivity (Wildman–Crippen MR) is 99.4 cm³/mol. The highest BCUT2D eigenvalue weighted by molar-refractivity contribution is 7.10. The van der Waals surface area contributed by atoms with Crippen LogP contribution in [0, 0.1) is 23.2 Å². The Morgan fingerprint density at radius 3 is 2.77 bits per heavy atom. The van der Waals surface area contributed by atoms with E-state index in [0.29, 0.717) is 17.4 Å². The quantitative estimate of drug-likeness (QED) is 0.846. The lowest BCUT2D eigenvalue weighted by atomic mass is 9.83. The van der Waals surface area contributed by atoms with Crippen LogP contribution in [-0.4, -0.2) is 29.0 Å². The second kappa shape index (κ2) is 6.57. The fourth-order valence-corrected chi connectivity index (χ4v) is 4.52. The summed E-state index contributed by atoms with van der Waals surface area (Å²) >= 11 is 1.43. The number of hydrogen-bond acceptors (Lipinski definition) is 6. The number of nitrogens with one attached hydrogen (secondary N) is 2. The van der Waals surface area contributed by atoms with Gasteiger partial charge in [-0.1, -0.05) is 13.0 Å². The summed E-state index contributed by atoms with van der Waals surface area (Å²) in [6.07, 6.45) is 2.09. The van der Waals surface area contributed by atoms with Crippen LogP contribution in [0.5, 0.6) is 0 Å². The molecule has 0 spiro atoms. The summed E-state index contributed by atoms with van der Waals surface area (Å²) in [7, 11) is 0. The number of rotatable bonds is 2. The summed E-state index contributed by atoms with van der Waals surface area (Å²) in [5, 5.41) is 14.0. The molecule has 2 aromatic heterocycles. The molecule has 1 amide bonds. The van der Waals surface area contributed by atoms with E-state index in [2.05, 4.69) is 22.2 Å². The van der Waals surface area contributed by atoms with E-state index in [4.69, 9.17) is 0 Å². The summed E-state index contributed by atoms with van der Waals surface area (Å²) in [4.78, 5) is 35.6. The lowest BCUT2D eigenvalue weighted by Crippen LogP contribution is -2.40. The lowest BCUT2D eigenvalue weighted by molar-refractivity contribution is -0.119. The topological polar surface area (TPSA) is 102 Å². The second-order valence-electron chi connectivity index (χ2n) is 6.91. The molecule has 0 saturated carbocycles. The van der Waals surface area contributed by atoms with E-state index in [1.165, 1.54) is 11.3 Å². The average Bonchev–Trinajstić information content (AvgIpc) is 3.15. The maximum atomic E-state index is 12.9. The summed E-state index contributed by atoms with van der Waals surface area (Å²) in [6.45, 7) is 3.87. The number of carbonyl (C=O) groups is 1. The van der Waals surface area contributed by atoms with Gasteiger partial charge in [-0.15, -0.1) is 11.3 Å². The fourth-order valence-electron chi connectivity index (χ4n) is 3.64. The molecule has 7 nitrogen and oxygen atoms in total. The molecule has 2 N–H and O–H groups in total. The molecule has 8 heteroatoms. The van der Waals surface area contributed by atoms with E-state index < -0.39 is 17.7 Å². The third kappa shape index (κ3) is 2.78. The molecule has 2 aliphatic rings.